The van der Waals surface area contributed by atoms with Crippen molar-refractivity contribution in [3.8, 4) is 0 Å². The summed E-state index contributed by atoms with van der Waals surface area (Å²) in [5.41, 5.74) is 7.98. The topological polar surface area (TPSA) is 47.1 Å². The Kier molecular flexibility index (Phi) is 2.23. The maximum atomic E-state index is 5.74. The van der Waals surface area contributed by atoms with Crippen LogP contribution in [0.15, 0.2) is 0 Å². The Morgan fingerprint density at radius 3 is 2.71 bits per heavy atom. The lowest BCUT2D eigenvalue weighted by molar-refractivity contribution is 0.724. The minimum Gasteiger partial charge on any atom is -0.357 e. The molecule has 0 bridgehead atoms. The summed E-state index contributed by atoms with van der Waals surface area (Å²) in [6.45, 7) is 2.60. The van der Waals surface area contributed by atoms with Gasteiger partial charge >= 0.3 is 0 Å². The average molecular weight is 194 g/mol. The molecule has 2 rings (SSSR count). The van der Waals surface area contributed by atoms with Crippen LogP contribution in [0.1, 0.15) is 24.1 Å². The standard InChI is InChI=1S/C10H18N4/c1-7-9(6-11)10(14(3)12-7)13(2)8-4-5-8/h8H,4-6,11H2,1-3H3. The molecule has 0 amide bonds. The van der Waals surface area contributed by atoms with Crippen molar-refractivity contribution in [1.82, 2.24) is 9.78 Å². The molecule has 1 aliphatic carbocycles. The van der Waals surface area contributed by atoms with E-state index in [1.807, 2.05) is 18.7 Å². The van der Waals surface area contributed by atoms with Crippen molar-refractivity contribution < 1.29 is 0 Å². The second-order valence-electron chi connectivity index (χ2n) is 4.06. The Morgan fingerprint density at radius 2 is 2.21 bits per heavy atom. The number of hydrogen-bond donors (Lipinski definition) is 1. The summed E-state index contributed by atoms with van der Waals surface area (Å²) in [5, 5.41) is 4.41. The van der Waals surface area contributed by atoms with Crippen molar-refractivity contribution in [2.75, 3.05) is 11.9 Å². The fourth-order valence-electron chi connectivity index (χ4n) is 2.00. The lowest BCUT2D eigenvalue weighted by atomic mass is 10.2. The molecule has 1 aromatic rings. The summed E-state index contributed by atoms with van der Waals surface area (Å²) >= 11 is 0. The molecule has 1 heterocycles. The van der Waals surface area contributed by atoms with E-state index in [1.165, 1.54) is 24.2 Å². The molecule has 0 aliphatic heterocycles. The minimum atomic E-state index is 0.575. The molecule has 14 heavy (non-hydrogen) atoms. The van der Waals surface area contributed by atoms with Crippen LogP contribution in [0.4, 0.5) is 5.82 Å². The Bertz CT molecular complexity index is 338. The van der Waals surface area contributed by atoms with Gasteiger partial charge in [-0.05, 0) is 19.8 Å². The van der Waals surface area contributed by atoms with Crippen LogP contribution in [0.5, 0.6) is 0 Å². The number of hydrogen-bond acceptors (Lipinski definition) is 3. The van der Waals surface area contributed by atoms with Crippen LogP contribution < -0.4 is 10.6 Å². The van der Waals surface area contributed by atoms with E-state index in [2.05, 4.69) is 17.0 Å². The molecule has 0 aromatic carbocycles. The first-order valence-electron chi connectivity index (χ1n) is 5.10. The Balaban J connectivity index is 2.38. The van der Waals surface area contributed by atoms with Crippen LogP contribution in [-0.4, -0.2) is 22.9 Å². The first-order valence-corrected chi connectivity index (χ1v) is 5.10. The molecule has 0 atom stereocenters. The van der Waals surface area contributed by atoms with Gasteiger partial charge in [0.05, 0.1) is 5.69 Å². The first kappa shape index (κ1) is 9.52. The second-order valence-corrected chi connectivity index (χ2v) is 4.06. The number of nitrogens with zero attached hydrogens (tertiary/aromatic N) is 3. The van der Waals surface area contributed by atoms with Crippen LogP contribution >= 0.6 is 0 Å². The fraction of sp³-hybridized carbons (Fsp3) is 0.700. The van der Waals surface area contributed by atoms with Gasteiger partial charge in [0.25, 0.3) is 0 Å². The highest BCUT2D eigenvalue weighted by atomic mass is 15.4. The van der Waals surface area contributed by atoms with E-state index in [0.29, 0.717) is 12.6 Å². The van der Waals surface area contributed by atoms with Crippen LogP contribution in [-0.2, 0) is 13.6 Å². The number of aromatic nitrogens is 2. The molecule has 1 saturated carbocycles. The smallest absolute Gasteiger partial charge is 0.131 e. The summed E-state index contributed by atoms with van der Waals surface area (Å²) in [6, 6.07) is 0.704. The van der Waals surface area contributed by atoms with Crippen molar-refractivity contribution in [2.45, 2.75) is 32.4 Å². The van der Waals surface area contributed by atoms with Gasteiger partial charge < -0.3 is 10.6 Å². The summed E-state index contributed by atoms with van der Waals surface area (Å²) in [6.07, 6.45) is 2.59. The fourth-order valence-corrected chi connectivity index (χ4v) is 2.00. The van der Waals surface area contributed by atoms with E-state index in [1.54, 1.807) is 0 Å². The predicted molar refractivity (Wildman–Crippen MR) is 57.3 cm³/mol. The highest BCUT2D eigenvalue weighted by Crippen LogP contribution is 2.32. The summed E-state index contributed by atoms with van der Waals surface area (Å²) in [7, 11) is 4.12. The van der Waals surface area contributed by atoms with Gasteiger partial charge in [0, 0.05) is 32.2 Å². The van der Waals surface area contributed by atoms with Gasteiger partial charge in [0.15, 0.2) is 0 Å². The molecule has 0 saturated heterocycles. The van der Waals surface area contributed by atoms with E-state index < -0.39 is 0 Å². The zero-order valence-electron chi connectivity index (χ0n) is 9.12. The van der Waals surface area contributed by atoms with Gasteiger partial charge in [-0.3, -0.25) is 4.68 Å². The molecule has 1 fully saturated rings. The summed E-state index contributed by atoms with van der Waals surface area (Å²) in [5.74, 6) is 1.19. The Morgan fingerprint density at radius 1 is 1.57 bits per heavy atom. The molecule has 1 aliphatic rings. The van der Waals surface area contributed by atoms with Crippen LogP contribution in [0.2, 0.25) is 0 Å². The molecule has 4 heteroatoms. The minimum absolute atomic E-state index is 0.575. The highest BCUT2D eigenvalue weighted by Gasteiger charge is 2.29. The van der Waals surface area contributed by atoms with Gasteiger partial charge in [0.2, 0.25) is 0 Å². The van der Waals surface area contributed by atoms with Gasteiger partial charge in [-0.2, -0.15) is 5.10 Å². The van der Waals surface area contributed by atoms with Crippen molar-refractivity contribution >= 4 is 5.82 Å². The summed E-state index contributed by atoms with van der Waals surface area (Å²) < 4.78 is 1.94. The van der Waals surface area contributed by atoms with Crippen LogP contribution in [0.3, 0.4) is 0 Å². The lowest BCUT2D eigenvalue weighted by Gasteiger charge is -2.20. The third kappa shape index (κ3) is 1.39. The number of aryl methyl sites for hydroxylation is 2. The number of nitrogens with two attached hydrogens (primary N) is 1. The average Bonchev–Trinajstić information content (AvgIpc) is 2.91. The highest BCUT2D eigenvalue weighted by molar-refractivity contribution is 5.51. The molecule has 2 N–H and O–H groups in total. The molecule has 0 unspecified atom stereocenters. The molecule has 0 spiro atoms. The van der Waals surface area contributed by atoms with E-state index in [9.17, 15) is 0 Å². The maximum absolute atomic E-state index is 5.74. The van der Waals surface area contributed by atoms with Gasteiger partial charge in [-0.15, -0.1) is 0 Å². The third-order valence-corrected chi connectivity index (χ3v) is 2.95. The molecule has 78 valence electrons. The quantitative estimate of drug-likeness (QED) is 0.773. The summed E-state index contributed by atoms with van der Waals surface area (Å²) in [4.78, 5) is 2.31. The van der Waals surface area contributed by atoms with E-state index >= 15 is 0 Å². The zero-order chi connectivity index (χ0) is 10.3. The lowest BCUT2D eigenvalue weighted by Crippen LogP contribution is -2.23. The van der Waals surface area contributed by atoms with Crippen molar-refractivity contribution in [3.05, 3.63) is 11.3 Å². The number of anilines is 1. The predicted octanol–water partition coefficient (Wildman–Crippen LogP) is 0.786. The van der Waals surface area contributed by atoms with Crippen molar-refractivity contribution in [1.29, 1.82) is 0 Å². The molecule has 0 radical (unpaired) electrons. The maximum Gasteiger partial charge on any atom is 0.131 e. The molecular formula is C10H18N4. The third-order valence-electron chi connectivity index (χ3n) is 2.95. The molecular weight excluding hydrogens is 176 g/mol. The molecule has 1 aromatic heterocycles. The number of rotatable bonds is 3. The van der Waals surface area contributed by atoms with E-state index in [-0.39, 0.29) is 0 Å². The van der Waals surface area contributed by atoms with Crippen molar-refractivity contribution in [3.63, 3.8) is 0 Å². The van der Waals surface area contributed by atoms with Gasteiger partial charge in [-0.25, -0.2) is 0 Å². The zero-order valence-corrected chi connectivity index (χ0v) is 9.12. The van der Waals surface area contributed by atoms with Crippen molar-refractivity contribution in [2.24, 2.45) is 12.8 Å². The largest absolute Gasteiger partial charge is 0.357 e. The van der Waals surface area contributed by atoms with Crippen LogP contribution in [0.25, 0.3) is 0 Å². The second kappa shape index (κ2) is 3.28. The van der Waals surface area contributed by atoms with Crippen LogP contribution in [0, 0.1) is 6.92 Å². The first-order chi connectivity index (χ1) is 6.65. The monoisotopic (exact) mass is 194 g/mol. The van der Waals surface area contributed by atoms with Gasteiger partial charge in [-0.1, -0.05) is 0 Å². The Labute approximate surface area is 84.7 Å². The Hall–Kier alpha value is -1.03. The van der Waals surface area contributed by atoms with E-state index in [4.69, 9.17) is 5.73 Å². The van der Waals surface area contributed by atoms with E-state index in [0.717, 1.165) is 5.69 Å². The normalized spacial score (nSPS) is 16.0. The van der Waals surface area contributed by atoms with Gasteiger partial charge in [0.1, 0.15) is 5.82 Å². The molecule has 4 nitrogen and oxygen atoms in total. The SMILES string of the molecule is Cc1nn(C)c(N(C)C2CC2)c1CN.